The molecule has 33 heavy (non-hydrogen) atoms. The highest BCUT2D eigenvalue weighted by Crippen LogP contribution is 2.30. The summed E-state index contributed by atoms with van der Waals surface area (Å²) in [7, 11) is 2.05. The zero-order chi connectivity index (χ0) is 22.8. The fraction of sp³-hybridized carbons (Fsp3) is 0.357. The second-order valence-electron chi connectivity index (χ2n) is 9.35. The summed E-state index contributed by atoms with van der Waals surface area (Å²) in [6.45, 7) is 10.6. The van der Waals surface area contributed by atoms with Gasteiger partial charge in [0, 0.05) is 61.1 Å². The maximum absolute atomic E-state index is 5.02. The molecule has 2 aromatic rings. The molecule has 0 saturated carbocycles. The Labute approximate surface area is 197 Å². The van der Waals surface area contributed by atoms with Gasteiger partial charge in [0.25, 0.3) is 0 Å². The summed E-state index contributed by atoms with van der Waals surface area (Å²) in [6.07, 6.45) is 12.9. The Kier molecular flexibility index (Phi) is 6.03. The molecule has 0 amide bonds. The first-order valence-corrected chi connectivity index (χ1v) is 12.0. The van der Waals surface area contributed by atoms with Crippen LogP contribution >= 0.6 is 0 Å². The second-order valence-corrected chi connectivity index (χ2v) is 9.35. The molecule has 5 nitrogen and oxygen atoms in total. The van der Waals surface area contributed by atoms with Crippen LogP contribution in [0, 0.1) is 5.92 Å². The number of hydrogen-bond acceptors (Lipinski definition) is 5. The Hall–Kier alpha value is -3.34. The highest BCUT2D eigenvalue weighted by molar-refractivity contribution is 5.91. The third kappa shape index (κ3) is 4.58. The fourth-order valence-electron chi connectivity index (χ4n) is 5.09. The van der Waals surface area contributed by atoms with Crippen molar-refractivity contribution in [1.82, 2.24) is 14.8 Å². The number of benzene rings is 1. The van der Waals surface area contributed by atoms with Gasteiger partial charge in [-0.15, -0.1) is 0 Å². The van der Waals surface area contributed by atoms with E-state index in [9.17, 15) is 0 Å². The van der Waals surface area contributed by atoms with Crippen LogP contribution < -0.4 is 5.32 Å². The van der Waals surface area contributed by atoms with E-state index >= 15 is 0 Å². The van der Waals surface area contributed by atoms with Crippen LogP contribution in [0.3, 0.4) is 0 Å². The zero-order valence-corrected chi connectivity index (χ0v) is 19.6. The molecule has 5 heteroatoms. The summed E-state index contributed by atoms with van der Waals surface area (Å²) in [5.74, 6) is 1.33. The molecule has 0 radical (unpaired) electrons. The lowest BCUT2D eigenvalue weighted by Crippen LogP contribution is -2.48. The number of guanidine groups is 1. The summed E-state index contributed by atoms with van der Waals surface area (Å²) in [4.78, 5) is 13.6. The van der Waals surface area contributed by atoms with Gasteiger partial charge in [0.15, 0.2) is 0 Å². The molecule has 170 valence electrons. The molecule has 3 heterocycles. The van der Waals surface area contributed by atoms with Gasteiger partial charge < -0.3 is 15.1 Å². The number of aliphatic imine (C=N–C) groups is 1. The van der Waals surface area contributed by atoms with Crippen molar-refractivity contribution in [1.29, 1.82) is 0 Å². The number of nitrogens with zero attached hydrogens (tertiary/aromatic N) is 4. The van der Waals surface area contributed by atoms with E-state index in [4.69, 9.17) is 4.99 Å². The predicted octanol–water partition coefficient (Wildman–Crippen LogP) is 5.45. The van der Waals surface area contributed by atoms with E-state index < -0.39 is 0 Å². The Morgan fingerprint density at radius 1 is 1.06 bits per heavy atom. The molecule has 1 aliphatic carbocycles. The summed E-state index contributed by atoms with van der Waals surface area (Å²) in [5.41, 5.74) is 8.21. The number of anilines is 1. The van der Waals surface area contributed by atoms with Crippen molar-refractivity contribution in [3.05, 3.63) is 90.0 Å². The average molecular weight is 440 g/mol. The van der Waals surface area contributed by atoms with Crippen LogP contribution in [0.1, 0.15) is 42.4 Å². The number of aryl methyl sites for hydroxylation is 2. The molecular formula is C28H33N5. The Morgan fingerprint density at radius 2 is 1.85 bits per heavy atom. The van der Waals surface area contributed by atoms with Crippen molar-refractivity contribution in [2.75, 3.05) is 25.5 Å². The van der Waals surface area contributed by atoms with Crippen LogP contribution in [0.4, 0.5) is 5.69 Å². The third-order valence-electron chi connectivity index (χ3n) is 7.08. The van der Waals surface area contributed by atoms with Crippen LogP contribution in [0.5, 0.6) is 0 Å². The van der Waals surface area contributed by atoms with E-state index in [1.165, 1.54) is 42.5 Å². The van der Waals surface area contributed by atoms with Crippen LogP contribution in [0.2, 0.25) is 0 Å². The van der Waals surface area contributed by atoms with E-state index in [1.54, 1.807) is 12.4 Å². The minimum Gasteiger partial charge on any atom is -0.359 e. The van der Waals surface area contributed by atoms with Gasteiger partial charge in [0.2, 0.25) is 5.96 Å². The number of piperidine rings is 1. The van der Waals surface area contributed by atoms with Gasteiger partial charge in [-0.25, -0.2) is 4.99 Å². The summed E-state index contributed by atoms with van der Waals surface area (Å²) < 4.78 is 0. The minimum absolute atomic E-state index is 0.370. The predicted molar refractivity (Wildman–Crippen MR) is 137 cm³/mol. The number of likely N-dealkylation sites (N-methyl/N-ethyl adjacent to an activating group) is 1. The van der Waals surface area contributed by atoms with Gasteiger partial charge in [-0.1, -0.05) is 19.2 Å². The van der Waals surface area contributed by atoms with Crippen LogP contribution in [-0.4, -0.2) is 40.9 Å². The van der Waals surface area contributed by atoms with Crippen LogP contribution in [0.15, 0.2) is 78.3 Å². The Morgan fingerprint density at radius 3 is 2.67 bits per heavy atom. The molecule has 2 aliphatic heterocycles. The first-order valence-electron chi connectivity index (χ1n) is 12.0. The highest BCUT2D eigenvalue weighted by Gasteiger charge is 2.28. The van der Waals surface area contributed by atoms with Gasteiger partial charge in [-0.05, 0) is 80.0 Å². The minimum atomic E-state index is 0.370. The number of fused-ring (bicyclic) bond motifs is 1. The van der Waals surface area contributed by atoms with Gasteiger partial charge in [0.1, 0.15) is 0 Å². The summed E-state index contributed by atoms with van der Waals surface area (Å²) >= 11 is 0. The Bertz CT molecular complexity index is 1110. The van der Waals surface area contributed by atoms with Crippen molar-refractivity contribution in [3.63, 3.8) is 0 Å². The van der Waals surface area contributed by atoms with Gasteiger partial charge in [-0.2, -0.15) is 0 Å². The lowest BCUT2D eigenvalue weighted by molar-refractivity contribution is 0.264. The number of aromatic nitrogens is 1. The molecule has 5 rings (SSSR count). The number of nitrogens with one attached hydrogen (secondary N) is 1. The molecule has 1 saturated heterocycles. The molecule has 1 N–H and O–H groups in total. The first kappa shape index (κ1) is 21.5. The second kappa shape index (κ2) is 9.26. The van der Waals surface area contributed by atoms with E-state index in [2.05, 4.69) is 51.5 Å². The summed E-state index contributed by atoms with van der Waals surface area (Å²) in [5, 5.41) is 3.63. The molecular weight excluding hydrogens is 406 g/mol. The Balaban J connectivity index is 1.31. The van der Waals surface area contributed by atoms with Crippen molar-refractivity contribution < 1.29 is 0 Å². The number of rotatable bonds is 4. The SMILES string of the molecule is C=C(Nc1ccc2c(c1)CCCC2)C1CCCN(C2=NC(c3ccncc3)=CC(=C)N2C)C1. The smallest absolute Gasteiger partial charge is 0.206 e. The van der Waals surface area contributed by atoms with Gasteiger partial charge in [0.05, 0.1) is 5.70 Å². The molecule has 0 bridgehead atoms. The van der Waals surface area contributed by atoms with Crippen molar-refractivity contribution >= 4 is 17.3 Å². The topological polar surface area (TPSA) is 43.8 Å². The molecule has 3 aliphatic rings. The first-order chi connectivity index (χ1) is 16.1. The molecule has 1 aromatic heterocycles. The zero-order valence-electron chi connectivity index (χ0n) is 19.6. The standard InChI is InChI=1S/C28H33N5/c1-20-17-27(23-12-14-29-15-13-23)31-28(32(20)3)33-16-6-9-25(19-33)21(2)30-26-11-10-22-7-4-5-8-24(22)18-26/h10-15,17-18,25,30H,1-2,4-9,16,19H2,3H3. The van der Waals surface area contributed by atoms with E-state index in [0.29, 0.717) is 5.92 Å². The summed E-state index contributed by atoms with van der Waals surface area (Å²) in [6, 6.07) is 10.8. The van der Waals surface area contributed by atoms with E-state index in [-0.39, 0.29) is 0 Å². The average Bonchev–Trinajstić information content (AvgIpc) is 2.86. The molecule has 1 atom stereocenters. The normalized spacial score (nSPS) is 20.6. The van der Waals surface area contributed by atoms with Gasteiger partial charge >= 0.3 is 0 Å². The van der Waals surface area contributed by atoms with Crippen LogP contribution in [0.25, 0.3) is 5.70 Å². The lowest BCUT2D eigenvalue weighted by Gasteiger charge is -2.40. The molecule has 1 unspecified atom stereocenters. The molecule has 1 aromatic carbocycles. The largest absolute Gasteiger partial charge is 0.359 e. The van der Waals surface area contributed by atoms with E-state index in [1.807, 2.05) is 25.3 Å². The lowest BCUT2D eigenvalue weighted by atomic mass is 9.91. The van der Waals surface area contributed by atoms with Crippen LogP contribution in [-0.2, 0) is 12.8 Å². The van der Waals surface area contributed by atoms with E-state index in [0.717, 1.165) is 54.5 Å². The monoisotopic (exact) mass is 439 g/mol. The molecule has 0 spiro atoms. The fourth-order valence-corrected chi connectivity index (χ4v) is 5.09. The number of likely N-dealkylation sites (tertiary alicyclic amines) is 1. The number of allylic oxidation sites excluding steroid dienone is 1. The third-order valence-corrected chi connectivity index (χ3v) is 7.08. The maximum Gasteiger partial charge on any atom is 0.206 e. The van der Waals surface area contributed by atoms with Crippen molar-refractivity contribution in [2.24, 2.45) is 10.9 Å². The molecule has 1 fully saturated rings. The van der Waals surface area contributed by atoms with Crippen molar-refractivity contribution in [2.45, 2.75) is 38.5 Å². The number of hydrogen-bond donors (Lipinski definition) is 1. The number of pyridine rings is 1. The maximum atomic E-state index is 5.02. The van der Waals surface area contributed by atoms with Gasteiger partial charge in [-0.3, -0.25) is 4.98 Å². The van der Waals surface area contributed by atoms with Crippen molar-refractivity contribution in [3.8, 4) is 0 Å². The quantitative estimate of drug-likeness (QED) is 0.688. The highest BCUT2D eigenvalue weighted by atomic mass is 15.4.